The van der Waals surface area contributed by atoms with Crippen LogP contribution < -0.4 is 10.6 Å². The molecule has 1 aliphatic rings. The van der Waals surface area contributed by atoms with Crippen LogP contribution in [0.3, 0.4) is 0 Å². The van der Waals surface area contributed by atoms with Gasteiger partial charge in [-0.3, -0.25) is 14.9 Å². The van der Waals surface area contributed by atoms with E-state index in [0.717, 1.165) is 50.5 Å². The van der Waals surface area contributed by atoms with Gasteiger partial charge < -0.3 is 15.5 Å². The predicted octanol–water partition coefficient (Wildman–Crippen LogP) is 2.92. The van der Waals surface area contributed by atoms with Crippen LogP contribution >= 0.6 is 24.0 Å². The second-order valence-electron chi connectivity index (χ2n) is 7.13. The molecule has 0 radical (unpaired) electrons. The van der Waals surface area contributed by atoms with E-state index in [1.807, 2.05) is 4.90 Å². The number of halogens is 1. The largest absolute Gasteiger partial charge is 0.356 e. The fraction of sp³-hybridized carbons (Fsp3) is 0.579. The highest BCUT2D eigenvalue weighted by Crippen LogP contribution is 2.12. The first-order valence-electron chi connectivity index (χ1n) is 9.49. The molecular weight excluding hydrogens is 473 g/mol. The molecule has 1 aromatic carbocycles. The summed E-state index contributed by atoms with van der Waals surface area (Å²) in [6, 6.07) is 6.43. The summed E-state index contributed by atoms with van der Waals surface area (Å²) in [7, 11) is 0. The zero-order valence-corrected chi connectivity index (χ0v) is 18.8. The van der Waals surface area contributed by atoms with Crippen molar-refractivity contribution in [2.24, 2.45) is 10.9 Å². The summed E-state index contributed by atoms with van der Waals surface area (Å²) >= 11 is 0. The van der Waals surface area contributed by atoms with Crippen molar-refractivity contribution in [2.45, 2.75) is 39.7 Å². The van der Waals surface area contributed by atoms with Crippen LogP contribution in [0.1, 0.15) is 38.7 Å². The van der Waals surface area contributed by atoms with E-state index in [0.29, 0.717) is 18.9 Å². The summed E-state index contributed by atoms with van der Waals surface area (Å²) in [6.07, 6.45) is 2.50. The number of rotatable bonds is 9. The minimum atomic E-state index is -0.407. The average Bonchev–Trinajstić information content (AvgIpc) is 3.05. The summed E-state index contributed by atoms with van der Waals surface area (Å²) in [5.74, 6) is 1.45. The maximum absolute atomic E-state index is 11.6. The van der Waals surface area contributed by atoms with Crippen LogP contribution in [-0.2, 0) is 11.3 Å². The topological polar surface area (TPSA) is 99.9 Å². The van der Waals surface area contributed by atoms with Crippen LogP contribution in [-0.4, -0.2) is 47.9 Å². The molecule has 1 amide bonds. The second-order valence-corrected chi connectivity index (χ2v) is 7.13. The van der Waals surface area contributed by atoms with Gasteiger partial charge in [-0.15, -0.1) is 24.0 Å². The molecule has 0 saturated carbocycles. The highest BCUT2D eigenvalue weighted by Gasteiger charge is 2.18. The van der Waals surface area contributed by atoms with E-state index in [4.69, 9.17) is 0 Å². The number of amides is 1. The molecule has 0 spiro atoms. The van der Waals surface area contributed by atoms with Crippen molar-refractivity contribution in [1.29, 1.82) is 0 Å². The number of aliphatic imine (C=N–C) groups is 1. The molecule has 2 N–H and O–H groups in total. The fourth-order valence-electron chi connectivity index (χ4n) is 2.79. The van der Waals surface area contributed by atoms with Crippen LogP contribution in [0.25, 0.3) is 0 Å². The Morgan fingerprint density at radius 1 is 1.29 bits per heavy atom. The first kappa shape index (κ1) is 24.1. The second kappa shape index (κ2) is 12.5. The number of nitrogens with one attached hydrogen (secondary N) is 2. The number of carbonyl (C=O) groups excluding carboxylic acids is 1. The summed E-state index contributed by atoms with van der Waals surface area (Å²) in [5, 5.41) is 17.3. The van der Waals surface area contributed by atoms with Gasteiger partial charge in [0.25, 0.3) is 5.69 Å². The maximum atomic E-state index is 11.6. The quantitative estimate of drug-likeness (QED) is 0.135. The number of likely N-dealkylation sites (tertiary alicyclic amines) is 1. The number of benzene rings is 1. The minimum absolute atomic E-state index is 0. The zero-order chi connectivity index (χ0) is 19.6. The molecule has 156 valence electrons. The Kier molecular flexibility index (Phi) is 10.8. The van der Waals surface area contributed by atoms with Crippen molar-refractivity contribution in [3.05, 3.63) is 39.9 Å². The van der Waals surface area contributed by atoms with Gasteiger partial charge in [-0.1, -0.05) is 26.0 Å². The van der Waals surface area contributed by atoms with Crippen LogP contribution in [0.4, 0.5) is 5.69 Å². The fourth-order valence-corrected chi connectivity index (χ4v) is 2.79. The normalized spacial score (nSPS) is 14.2. The van der Waals surface area contributed by atoms with Crippen molar-refractivity contribution in [3.63, 3.8) is 0 Å². The van der Waals surface area contributed by atoms with Gasteiger partial charge in [-0.05, 0) is 24.3 Å². The number of guanidine groups is 1. The van der Waals surface area contributed by atoms with Crippen LogP contribution in [0.2, 0.25) is 0 Å². The third kappa shape index (κ3) is 8.41. The van der Waals surface area contributed by atoms with Crippen LogP contribution in [0.5, 0.6) is 0 Å². The predicted molar refractivity (Wildman–Crippen MR) is 121 cm³/mol. The Balaban J connectivity index is 0.00000392. The van der Waals surface area contributed by atoms with Gasteiger partial charge in [0.1, 0.15) is 0 Å². The van der Waals surface area contributed by atoms with Gasteiger partial charge in [-0.25, -0.2) is 4.99 Å². The SMILES string of the molecule is CC(C)CNC(=NCc1ccc([N+](=O)[O-])cc1)NCCCN1CCCC1=O.I. The Hall–Kier alpha value is -1.91. The molecule has 9 heteroatoms. The highest BCUT2D eigenvalue weighted by atomic mass is 127. The molecule has 1 aromatic rings. The van der Waals surface area contributed by atoms with Crippen molar-refractivity contribution in [3.8, 4) is 0 Å². The first-order chi connectivity index (χ1) is 13.0. The molecule has 1 saturated heterocycles. The monoisotopic (exact) mass is 503 g/mol. The average molecular weight is 503 g/mol. The van der Waals surface area contributed by atoms with E-state index < -0.39 is 4.92 Å². The number of hydrogen-bond donors (Lipinski definition) is 2. The molecule has 2 rings (SSSR count). The number of nitrogens with zero attached hydrogens (tertiary/aromatic N) is 3. The number of non-ortho nitro benzene ring substituents is 1. The molecule has 0 atom stereocenters. The molecule has 1 fully saturated rings. The van der Waals surface area contributed by atoms with E-state index in [2.05, 4.69) is 29.5 Å². The standard InChI is InChI=1S/C19H29N5O3.HI/c1-15(2)13-21-19(20-10-4-12-23-11-3-5-18(23)25)22-14-16-6-8-17(9-7-16)24(26)27;/h6-9,15H,3-5,10-14H2,1-2H3,(H2,20,21,22);1H. The Labute approximate surface area is 183 Å². The lowest BCUT2D eigenvalue weighted by Gasteiger charge is -2.17. The Morgan fingerprint density at radius 3 is 2.57 bits per heavy atom. The van der Waals surface area contributed by atoms with E-state index in [1.54, 1.807) is 12.1 Å². The van der Waals surface area contributed by atoms with Crippen LogP contribution in [0, 0.1) is 16.0 Å². The molecule has 8 nitrogen and oxygen atoms in total. The molecule has 1 heterocycles. The molecular formula is C19H30IN5O3. The Bertz CT molecular complexity index is 664. The third-order valence-corrected chi connectivity index (χ3v) is 4.31. The highest BCUT2D eigenvalue weighted by molar-refractivity contribution is 14.0. The summed E-state index contributed by atoms with van der Waals surface area (Å²) in [6.45, 7) is 7.86. The lowest BCUT2D eigenvalue weighted by molar-refractivity contribution is -0.384. The van der Waals surface area contributed by atoms with E-state index in [1.165, 1.54) is 12.1 Å². The van der Waals surface area contributed by atoms with E-state index in [9.17, 15) is 14.9 Å². The molecule has 28 heavy (non-hydrogen) atoms. The van der Waals surface area contributed by atoms with Crippen molar-refractivity contribution >= 4 is 41.5 Å². The smallest absolute Gasteiger partial charge is 0.269 e. The van der Waals surface area contributed by atoms with Crippen molar-refractivity contribution < 1.29 is 9.72 Å². The number of nitro groups is 1. The first-order valence-corrected chi connectivity index (χ1v) is 9.49. The van der Waals surface area contributed by atoms with E-state index >= 15 is 0 Å². The van der Waals surface area contributed by atoms with Gasteiger partial charge in [0.05, 0.1) is 11.5 Å². The van der Waals surface area contributed by atoms with Gasteiger partial charge in [0, 0.05) is 44.7 Å². The minimum Gasteiger partial charge on any atom is -0.356 e. The lowest BCUT2D eigenvalue weighted by Crippen LogP contribution is -2.40. The van der Waals surface area contributed by atoms with Gasteiger partial charge in [-0.2, -0.15) is 0 Å². The van der Waals surface area contributed by atoms with E-state index in [-0.39, 0.29) is 35.6 Å². The van der Waals surface area contributed by atoms with Gasteiger partial charge >= 0.3 is 0 Å². The third-order valence-electron chi connectivity index (χ3n) is 4.31. The molecule has 0 unspecified atom stereocenters. The van der Waals surface area contributed by atoms with Gasteiger partial charge in [0.2, 0.25) is 5.91 Å². The number of carbonyl (C=O) groups is 1. The molecule has 0 aliphatic carbocycles. The summed E-state index contributed by atoms with van der Waals surface area (Å²) in [4.78, 5) is 28.4. The summed E-state index contributed by atoms with van der Waals surface area (Å²) in [5.41, 5.74) is 0.990. The van der Waals surface area contributed by atoms with Crippen LogP contribution in [0.15, 0.2) is 29.3 Å². The number of hydrogen-bond acceptors (Lipinski definition) is 4. The summed E-state index contributed by atoms with van der Waals surface area (Å²) < 4.78 is 0. The molecule has 0 bridgehead atoms. The van der Waals surface area contributed by atoms with Crippen molar-refractivity contribution in [2.75, 3.05) is 26.2 Å². The molecule has 0 aromatic heterocycles. The number of nitro benzene ring substituents is 1. The molecule has 1 aliphatic heterocycles. The lowest BCUT2D eigenvalue weighted by atomic mass is 10.2. The van der Waals surface area contributed by atoms with Crippen molar-refractivity contribution in [1.82, 2.24) is 15.5 Å². The van der Waals surface area contributed by atoms with Gasteiger partial charge in [0.15, 0.2) is 5.96 Å². The zero-order valence-electron chi connectivity index (χ0n) is 16.5. The Morgan fingerprint density at radius 2 is 2.00 bits per heavy atom. The maximum Gasteiger partial charge on any atom is 0.269 e.